The first-order valence-electron chi connectivity index (χ1n) is 8.80. The number of hydrogen-bond donors (Lipinski definition) is 1. The highest BCUT2D eigenvalue weighted by atomic mass is 19.4. The number of aromatic nitrogens is 4. The normalized spacial score (nSPS) is 11.5. The number of halogens is 3. The van der Waals surface area contributed by atoms with Gasteiger partial charge in [-0.15, -0.1) is 0 Å². The SMILES string of the molecule is COc1nc(-c2cnc(Nc3ccccc3C(F)(F)F)o2)ccc1-n1cnc(C)c1. The molecule has 4 aromatic rings. The quantitative estimate of drug-likeness (QED) is 0.494. The molecule has 7 nitrogen and oxygen atoms in total. The van der Waals surface area contributed by atoms with Crippen molar-refractivity contribution < 1.29 is 22.3 Å². The van der Waals surface area contributed by atoms with E-state index in [0.717, 1.165) is 11.8 Å². The Labute approximate surface area is 169 Å². The molecule has 0 unspecified atom stereocenters. The summed E-state index contributed by atoms with van der Waals surface area (Å²) in [7, 11) is 1.49. The summed E-state index contributed by atoms with van der Waals surface area (Å²) >= 11 is 0. The van der Waals surface area contributed by atoms with E-state index in [2.05, 4.69) is 20.3 Å². The lowest BCUT2D eigenvalue weighted by Crippen LogP contribution is -2.08. The van der Waals surface area contributed by atoms with Crippen molar-refractivity contribution >= 4 is 11.7 Å². The van der Waals surface area contributed by atoms with Gasteiger partial charge >= 0.3 is 6.18 Å². The second-order valence-electron chi connectivity index (χ2n) is 6.35. The molecular formula is C20H16F3N5O2. The van der Waals surface area contributed by atoms with E-state index in [0.29, 0.717) is 17.3 Å². The van der Waals surface area contributed by atoms with Crippen LogP contribution in [0.4, 0.5) is 24.9 Å². The first-order chi connectivity index (χ1) is 14.3. The minimum absolute atomic E-state index is 0.0863. The number of methoxy groups -OCH3 is 1. The largest absolute Gasteiger partial charge is 0.479 e. The van der Waals surface area contributed by atoms with Crippen LogP contribution in [0.3, 0.4) is 0 Å². The molecule has 1 N–H and O–H groups in total. The van der Waals surface area contributed by atoms with E-state index in [1.54, 1.807) is 23.0 Å². The number of nitrogens with one attached hydrogen (secondary N) is 1. The van der Waals surface area contributed by atoms with Gasteiger partial charge in [-0.3, -0.25) is 0 Å². The van der Waals surface area contributed by atoms with Crippen molar-refractivity contribution in [2.45, 2.75) is 13.1 Å². The number of para-hydroxylation sites is 1. The lowest BCUT2D eigenvalue weighted by atomic mass is 10.2. The maximum atomic E-state index is 13.2. The molecule has 0 spiro atoms. The maximum absolute atomic E-state index is 13.2. The van der Waals surface area contributed by atoms with E-state index in [-0.39, 0.29) is 17.5 Å². The minimum atomic E-state index is -4.50. The number of ether oxygens (including phenoxy) is 1. The number of imidazole rings is 1. The summed E-state index contributed by atoms with van der Waals surface area (Å²) in [6, 6.07) is 8.47. The van der Waals surface area contributed by atoms with Crippen LogP contribution in [0.1, 0.15) is 11.3 Å². The van der Waals surface area contributed by atoms with Crippen molar-refractivity contribution in [1.29, 1.82) is 0 Å². The molecule has 0 radical (unpaired) electrons. The molecule has 0 amide bonds. The van der Waals surface area contributed by atoms with Gasteiger partial charge in [0.1, 0.15) is 11.4 Å². The molecule has 0 aliphatic heterocycles. The van der Waals surface area contributed by atoms with Gasteiger partial charge in [-0.2, -0.15) is 13.2 Å². The van der Waals surface area contributed by atoms with Gasteiger partial charge in [0.25, 0.3) is 6.01 Å². The van der Waals surface area contributed by atoms with Crippen molar-refractivity contribution in [2.75, 3.05) is 12.4 Å². The molecule has 154 valence electrons. The van der Waals surface area contributed by atoms with Crippen LogP contribution in [0, 0.1) is 6.92 Å². The zero-order valence-corrected chi connectivity index (χ0v) is 15.9. The van der Waals surface area contributed by atoms with Crippen molar-refractivity contribution in [3.8, 4) is 23.0 Å². The van der Waals surface area contributed by atoms with Crippen LogP contribution in [0.15, 0.2) is 59.5 Å². The number of pyridine rings is 1. The summed E-state index contributed by atoms with van der Waals surface area (Å²) in [4.78, 5) is 12.6. The standard InChI is InChI=1S/C20H16F3N5O2/c1-12-10-28(11-25-12)16-8-7-15(26-18(16)29-2)17-9-24-19(30-17)27-14-6-4-3-5-13(14)20(21,22)23/h3-11H,1-2H3,(H,24,27). The number of hydrogen-bond acceptors (Lipinski definition) is 6. The Kier molecular flexibility index (Phi) is 4.90. The number of nitrogens with zero attached hydrogens (tertiary/aromatic N) is 4. The second kappa shape index (κ2) is 7.54. The molecule has 3 aromatic heterocycles. The summed E-state index contributed by atoms with van der Waals surface area (Å²) < 4.78 is 52.2. The van der Waals surface area contributed by atoms with E-state index < -0.39 is 11.7 Å². The number of rotatable bonds is 5. The Morgan fingerprint density at radius 2 is 1.90 bits per heavy atom. The van der Waals surface area contributed by atoms with Crippen LogP contribution in [0.5, 0.6) is 5.88 Å². The Balaban J connectivity index is 1.62. The second-order valence-corrected chi connectivity index (χ2v) is 6.35. The molecule has 10 heteroatoms. The van der Waals surface area contributed by atoms with Gasteiger partial charge in [-0.1, -0.05) is 12.1 Å². The molecule has 0 atom stereocenters. The molecule has 0 fully saturated rings. The number of alkyl halides is 3. The molecule has 3 heterocycles. The molecule has 30 heavy (non-hydrogen) atoms. The number of anilines is 2. The van der Waals surface area contributed by atoms with E-state index in [1.165, 1.54) is 31.5 Å². The molecule has 0 bridgehead atoms. The zero-order chi connectivity index (χ0) is 21.3. The number of benzene rings is 1. The van der Waals surface area contributed by atoms with Crippen LogP contribution in [0.2, 0.25) is 0 Å². The van der Waals surface area contributed by atoms with Crippen molar-refractivity contribution in [3.63, 3.8) is 0 Å². The molecule has 0 aliphatic rings. The van der Waals surface area contributed by atoms with Gasteiger partial charge in [0, 0.05) is 6.20 Å². The summed E-state index contributed by atoms with van der Waals surface area (Å²) in [5.41, 5.74) is 0.960. The van der Waals surface area contributed by atoms with Crippen LogP contribution >= 0.6 is 0 Å². The fraction of sp³-hybridized carbons (Fsp3) is 0.150. The third-order valence-electron chi connectivity index (χ3n) is 4.26. The first kappa shape index (κ1) is 19.5. The summed E-state index contributed by atoms with van der Waals surface area (Å²) in [6.45, 7) is 1.87. The average molecular weight is 415 g/mol. The van der Waals surface area contributed by atoms with Crippen LogP contribution in [0.25, 0.3) is 17.1 Å². The Hall–Kier alpha value is -3.82. The topological polar surface area (TPSA) is 78.0 Å². The summed E-state index contributed by atoms with van der Waals surface area (Å²) in [5, 5.41) is 2.57. The highest BCUT2D eigenvalue weighted by Crippen LogP contribution is 2.36. The van der Waals surface area contributed by atoms with Crippen molar-refractivity contribution in [2.24, 2.45) is 0 Å². The molecule has 0 saturated carbocycles. The highest BCUT2D eigenvalue weighted by molar-refractivity contribution is 5.61. The lowest BCUT2D eigenvalue weighted by molar-refractivity contribution is -0.136. The predicted octanol–water partition coefficient (Wildman–Crippen LogP) is 5.00. The third-order valence-corrected chi connectivity index (χ3v) is 4.26. The minimum Gasteiger partial charge on any atom is -0.479 e. The molecule has 0 saturated heterocycles. The van der Waals surface area contributed by atoms with Gasteiger partial charge < -0.3 is 19.0 Å². The summed E-state index contributed by atoms with van der Waals surface area (Å²) in [6.07, 6.45) is 0.341. The lowest BCUT2D eigenvalue weighted by Gasteiger charge is -2.12. The van der Waals surface area contributed by atoms with Gasteiger partial charge in [0.2, 0.25) is 5.88 Å². The fourth-order valence-electron chi connectivity index (χ4n) is 2.87. The Morgan fingerprint density at radius 3 is 2.60 bits per heavy atom. The van der Waals surface area contributed by atoms with Gasteiger partial charge in [0.15, 0.2) is 5.76 Å². The van der Waals surface area contributed by atoms with E-state index in [1.807, 2.05) is 13.1 Å². The van der Waals surface area contributed by atoms with Crippen LogP contribution < -0.4 is 10.1 Å². The molecule has 0 aliphatic carbocycles. The number of oxazole rings is 1. The van der Waals surface area contributed by atoms with Gasteiger partial charge in [-0.05, 0) is 31.2 Å². The van der Waals surface area contributed by atoms with E-state index in [9.17, 15) is 13.2 Å². The first-order valence-corrected chi connectivity index (χ1v) is 8.80. The Bertz CT molecular complexity index is 1180. The van der Waals surface area contributed by atoms with E-state index >= 15 is 0 Å². The van der Waals surface area contributed by atoms with Crippen molar-refractivity contribution in [3.05, 3.63) is 66.4 Å². The maximum Gasteiger partial charge on any atom is 0.418 e. The zero-order valence-electron chi connectivity index (χ0n) is 15.9. The van der Waals surface area contributed by atoms with E-state index in [4.69, 9.17) is 9.15 Å². The molecular weight excluding hydrogens is 399 g/mol. The van der Waals surface area contributed by atoms with Crippen LogP contribution in [-0.2, 0) is 6.18 Å². The molecule has 4 rings (SSSR count). The number of aryl methyl sites for hydroxylation is 1. The monoisotopic (exact) mass is 415 g/mol. The molecule has 1 aromatic carbocycles. The van der Waals surface area contributed by atoms with Gasteiger partial charge in [-0.25, -0.2) is 15.0 Å². The predicted molar refractivity (Wildman–Crippen MR) is 103 cm³/mol. The van der Waals surface area contributed by atoms with Gasteiger partial charge in [0.05, 0.1) is 36.6 Å². The van der Waals surface area contributed by atoms with Crippen molar-refractivity contribution in [1.82, 2.24) is 19.5 Å². The smallest absolute Gasteiger partial charge is 0.418 e. The Morgan fingerprint density at radius 1 is 1.10 bits per heavy atom. The highest BCUT2D eigenvalue weighted by Gasteiger charge is 2.33. The third kappa shape index (κ3) is 3.84. The average Bonchev–Trinajstić information content (AvgIpc) is 3.36. The fourth-order valence-corrected chi connectivity index (χ4v) is 2.87. The van der Waals surface area contributed by atoms with Crippen LogP contribution in [-0.4, -0.2) is 26.6 Å². The summed E-state index contributed by atoms with van der Waals surface area (Å²) in [5.74, 6) is 0.604.